The Labute approximate surface area is 156 Å². The van der Waals surface area contributed by atoms with Crippen LogP contribution in [0.15, 0.2) is 24.3 Å². The van der Waals surface area contributed by atoms with Crippen LogP contribution in [0.1, 0.15) is 66.2 Å². The summed E-state index contributed by atoms with van der Waals surface area (Å²) >= 11 is 0. The maximum Gasteiger partial charge on any atom is 0.309 e. The van der Waals surface area contributed by atoms with Crippen LogP contribution in [0.3, 0.4) is 0 Å². The van der Waals surface area contributed by atoms with Crippen LogP contribution in [-0.4, -0.2) is 23.1 Å². The van der Waals surface area contributed by atoms with E-state index in [-0.39, 0.29) is 34.7 Å². The number of esters is 1. The Hall–Kier alpha value is -1.58. The number of carbonyl (C=O) groups excluding carboxylic acids is 1. The van der Waals surface area contributed by atoms with Crippen molar-refractivity contribution in [3.05, 3.63) is 24.3 Å². The number of carboxylic acid groups (broad SMARTS) is 1. The minimum absolute atomic E-state index is 0.0592. The molecule has 3 rings (SSSR count). The Morgan fingerprint density at radius 2 is 2.00 bits per heavy atom. The number of carboxylic acids is 1. The van der Waals surface area contributed by atoms with Gasteiger partial charge in [0.25, 0.3) is 0 Å². The van der Waals surface area contributed by atoms with E-state index in [1.807, 2.05) is 13.0 Å². The number of allylic oxidation sites excluding steroid dienone is 2. The molecule has 4 nitrogen and oxygen atoms in total. The third-order valence-corrected chi connectivity index (χ3v) is 7.87. The predicted molar refractivity (Wildman–Crippen MR) is 100 cm³/mol. The van der Waals surface area contributed by atoms with Crippen molar-refractivity contribution in [3.8, 4) is 0 Å². The molecule has 2 fully saturated rings. The molecule has 0 aliphatic heterocycles. The third-order valence-electron chi connectivity index (χ3n) is 7.87. The second-order valence-corrected chi connectivity index (χ2v) is 9.42. The smallest absolute Gasteiger partial charge is 0.309 e. The molecular weight excluding hydrogens is 328 g/mol. The summed E-state index contributed by atoms with van der Waals surface area (Å²) in [7, 11) is 0. The van der Waals surface area contributed by atoms with Gasteiger partial charge >= 0.3 is 11.9 Å². The van der Waals surface area contributed by atoms with Crippen molar-refractivity contribution in [3.63, 3.8) is 0 Å². The van der Waals surface area contributed by atoms with Crippen molar-refractivity contribution in [2.45, 2.75) is 72.3 Å². The molecule has 2 saturated carbocycles. The maximum absolute atomic E-state index is 12.1. The fourth-order valence-electron chi connectivity index (χ4n) is 6.19. The van der Waals surface area contributed by atoms with Crippen LogP contribution >= 0.6 is 0 Å². The van der Waals surface area contributed by atoms with Gasteiger partial charge in [0.05, 0.1) is 5.41 Å². The highest BCUT2D eigenvalue weighted by Crippen LogP contribution is 2.64. The molecule has 0 amide bonds. The topological polar surface area (TPSA) is 63.6 Å². The summed E-state index contributed by atoms with van der Waals surface area (Å²) in [5.74, 6) is -0.528. The highest BCUT2D eigenvalue weighted by molar-refractivity contribution is 5.75. The number of ether oxygens (including phenoxy) is 1. The summed E-state index contributed by atoms with van der Waals surface area (Å²) < 4.78 is 5.72. The van der Waals surface area contributed by atoms with E-state index in [9.17, 15) is 14.7 Å². The summed E-state index contributed by atoms with van der Waals surface area (Å²) in [6.45, 7) is 11.8. The lowest BCUT2D eigenvalue weighted by Crippen LogP contribution is -2.55. The molecule has 0 aromatic rings. The summed E-state index contributed by atoms with van der Waals surface area (Å²) in [5.41, 5.74) is 0.410. The van der Waals surface area contributed by atoms with E-state index >= 15 is 0 Å². The number of aliphatic carboxylic acids is 1. The van der Waals surface area contributed by atoms with Crippen molar-refractivity contribution < 1.29 is 19.4 Å². The molecule has 0 unspecified atom stereocenters. The molecule has 0 spiro atoms. The first kappa shape index (κ1) is 19.2. The Morgan fingerprint density at radius 1 is 1.31 bits per heavy atom. The molecule has 144 valence electrons. The second-order valence-electron chi connectivity index (χ2n) is 9.42. The van der Waals surface area contributed by atoms with Gasteiger partial charge < -0.3 is 9.84 Å². The van der Waals surface area contributed by atoms with Gasteiger partial charge in [-0.1, -0.05) is 38.0 Å². The number of hydrogen-bond acceptors (Lipinski definition) is 3. The summed E-state index contributed by atoms with van der Waals surface area (Å²) in [6, 6.07) is 0. The van der Waals surface area contributed by atoms with Crippen molar-refractivity contribution in [2.75, 3.05) is 0 Å². The van der Waals surface area contributed by atoms with E-state index in [1.54, 1.807) is 0 Å². The molecular formula is C22H32O4. The van der Waals surface area contributed by atoms with Gasteiger partial charge in [0.1, 0.15) is 6.10 Å². The number of fused-ring (bicyclic) bond motifs is 3. The fraction of sp³-hybridized carbons (Fsp3) is 0.727. The lowest BCUT2D eigenvalue weighted by molar-refractivity contribution is -0.167. The van der Waals surface area contributed by atoms with Crippen LogP contribution in [0, 0.1) is 28.1 Å². The fourth-order valence-corrected chi connectivity index (χ4v) is 6.19. The highest BCUT2D eigenvalue weighted by atomic mass is 16.5. The molecule has 6 atom stereocenters. The van der Waals surface area contributed by atoms with Gasteiger partial charge in [0, 0.05) is 12.3 Å². The minimum atomic E-state index is -0.675. The molecule has 0 heterocycles. The van der Waals surface area contributed by atoms with Crippen LogP contribution in [0.5, 0.6) is 0 Å². The third kappa shape index (κ3) is 2.73. The molecule has 4 heteroatoms. The van der Waals surface area contributed by atoms with Gasteiger partial charge in [-0.2, -0.15) is 0 Å². The zero-order valence-corrected chi connectivity index (χ0v) is 16.5. The molecule has 0 radical (unpaired) electrons. The van der Waals surface area contributed by atoms with Crippen LogP contribution < -0.4 is 0 Å². The lowest BCUT2D eigenvalue weighted by atomic mass is 9.45. The van der Waals surface area contributed by atoms with Gasteiger partial charge in [-0.3, -0.25) is 9.59 Å². The van der Waals surface area contributed by atoms with E-state index < -0.39 is 11.4 Å². The monoisotopic (exact) mass is 360 g/mol. The summed E-state index contributed by atoms with van der Waals surface area (Å²) in [6.07, 6.45) is 9.17. The van der Waals surface area contributed by atoms with E-state index in [1.165, 1.54) is 12.5 Å². The van der Waals surface area contributed by atoms with Gasteiger partial charge in [0.2, 0.25) is 0 Å². The Balaban J connectivity index is 2.01. The van der Waals surface area contributed by atoms with Crippen molar-refractivity contribution in [2.24, 2.45) is 28.1 Å². The molecule has 0 bridgehead atoms. The quantitative estimate of drug-likeness (QED) is 0.583. The molecule has 26 heavy (non-hydrogen) atoms. The predicted octanol–water partition coefficient (Wildman–Crippen LogP) is 4.75. The van der Waals surface area contributed by atoms with E-state index in [0.29, 0.717) is 0 Å². The first-order valence-corrected chi connectivity index (χ1v) is 9.80. The zero-order valence-electron chi connectivity index (χ0n) is 16.5. The van der Waals surface area contributed by atoms with Crippen LogP contribution in [0.2, 0.25) is 0 Å². The van der Waals surface area contributed by atoms with Crippen LogP contribution in [0.4, 0.5) is 0 Å². The molecule has 1 N–H and O–H groups in total. The minimum Gasteiger partial charge on any atom is -0.481 e. The molecule has 3 aliphatic rings. The summed E-state index contributed by atoms with van der Waals surface area (Å²) in [4.78, 5) is 23.8. The highest BCUT2D eigenvalue weighted by Gasteiger charge is 2.59. The first-order valence-electron chi connectivity index (χ1n) is 9.80. The maximum atomic E-state index is 12.1. The average molecular weight is 360 g/mol. The number of hydrogen-bond donors (Lipinski definition) is 1. The van der Waals surface area contributed by atoms with Crippen LogP contribution in [0.25, 0.3) is 0 Å². The van der Waals surface area contributed by atoms with Gasteiger partial charge in [-0.15, -0.1) is 6.58 Å². The molecule has 0 aromatic heterocycles. The zero-order chi connectivity index (χ0) is 19.3. The van der Waals surface area contributed by atoms with Gasteiger partial charge in [-0.25, -0.2) is 0 Å². The largest absolute Gasteiger partial charge is 0.481 e. The molecule has 0 aromatic carbocycles. The Bertz CT molecular complexity index is 665. The summed E-state index contributed by atoms with van der Waals surface area (Å²) in [5, 5.41) is 9.94. The first-order chi connectivity index (χ1) is 12.1. The van der Waals surface area contributed by atoms with E-state index in [0.717, 1.165) is 38.5 Å². The number of carbonyl (C=O) groups is 2. The normalized spacial score (nSPS) is 44.9. The number of rotatable bonds is 3. The molecule has 3 aliphatic carbocycles. The van der Waals surface area contributed by atoms with Crippen molar-refractivity contribution >= 4 is 11.9 Å². The van der Waals surface area contributed by atoms with Gasteiger partial charge in [0.15, 0.2) is 0 Å². The molecule has 0 saturated heterocycles. The van der Waals surface area contributed by atoms with Crippen LogP contribution in [-0.2, 0) is 14.3 Å². The SMILES string of the molecule is C=C[C@]1(C)CC2=CC[C@H]3[C@](C)(CCC[C@@]3(C)C(=O)O)[C@@H]2C[C@H]1OC(C)=O. The average Bonchev–Trinajstić information content (AvgIpc) is 2.55. The Morgan fingerprint density at radius 3 is 2.58 bits per heavy atom. The lowest BCUT2D eigenvalue weighted by Gasteiger charge is -2.59. The van der Waals surface area contributed by atoms with E-state index in [4.69, 9.17) is 4.74 Å². The standard InChI is InChI=1S/C22H32O4/c1-6-20(3)13-15-8-9-17-21(4,10-7-11-22(17,5)19(24)25)16(15)12-18(20)26-14(2)23/h6,8,16-18H,1,7,9-13H2,2-5H3,(H,24,25)/t16-,17+,18-,20-,21-,22-/m1/s1. The van der Waals surface area contributed by atoms with Gasteiger partial charge in [-0.05, 0) is 56.3 Å². The Kier molecular flexibility index (Phi) is 4.61. The van der Waals surface area contributed by atoms with Crippen molar-refractivity contribution in [1.29, 1.82) is 0 Å². The second kappa shape index (κ2) is 6.24. The van der Waals surface area contributed by atoms with Crippen molar-refractivity contribution in [1.82, 2.24) is 0 Å². The van der Waals surface area contributed by atoms with E-state index in [2.05, 4.69) is 26.5 Å².